The van der Waals surface area contributed by atoms with Gasteiger partial charge in [0.2, 0.25) is 0 Å². The molecule has 0 aliphatic heterocycles. The molecule has 3 nitrogen and oxygen atoms in total. The molecule has 76 valence electrons. The number of aryl methyl sites for hydroxylation is 1. The Morgan fingerprint density at radius 3 is 2.79 bits per heavy atom. The summed E-state index contributed by atoms with van der Waals surface area (Å²) in [6.07, 6.45) is 8.45. The van der Waals surface area contributed by atoms with Gasteiger partial charge in [-0.15, -0.1) is 0 Å². The van der Waals surface area contributed by atoms with Crippen molar-refractivity contribution < 1.29 is 4.79 Å². The number of rotatable bonds is 2. The zero-order valence-corrected chi connectivity index (χ0v) is 8.57. The maximum atomic E-state index is 11.1. The summed E-state index contributed by atoms with van der Waals surface area (Å²) in [4.78, 5) is 11.1. The number of hydrogen-bond donors (Lipinski definition) is 0. The Hall–Kier alpha value is -1.12. The van der Waals surface area contributed by atoms with Gasteiger partial charge < -0.3 is 0 Å². The molecule has 1 aliphatic rings. The van der Waals surface area contributed by atoms with Gasteiger partial charge in [0.25, 0.3) is 0 Å². The topological polar surface area (TPSA) is 34.9 Å². The Kier molecular flexibility index (Phi) is 2.66. The molecule has 0 aromatic carbocycles. The van der Waals surface area contributed by atoms with Crippen LogP contribution in [0, 0.1) is 0 Å². The first-order valence-electron chi connectivity index (χ1n) is 5.34. The molecule has 3 heteroatoms. The summed E-state index contributed by atoms with van der Waals surface area (Å²) >= 11 is 0. The molecule has 1 aromatic rings. The number of nitrogens with zero attached hydrogens (tertiary/aromatic N) is 2. The molecule has 0 unspecified atom stereocenters. The lowest BCUT2D eigenvalue weighted by atomic mass is 9.94. The first-order chi connectivity index (χ1) is 6.79. The highest BCUT2D eigenvalue weighted by Gasteiger charge is 2.20. The van der Waals surface area contributed by atoms with Crippen LogP contribution in [0.15, 0.2) is 12.4 Å². The number of carbonyl (C=O) groups excluding carboxylic acids is 1. The Balaban J connectivity index is 2.04. The smallest absolute Gasteiger partial charge is 0.133 e. The average molecular weight is 192 g/mol. The third-order valence-electron chi connectivity index (χ3n) is 2.95. The van der Waals surface area contributed by atoms with Gasteiger partial charge in [0.15, 0.2) is 0 Å². The molecular formula is C11H16N2O. The van der Waals surface area contributed by atoms with Crippen LogP contribution in [0.3, 0.4) is 0 Å². The Bertz CT molecular complexity index is 320. The van der Waals surface area contributed by atoms with E-state index in [1.165, 1.54) is 5.56 Å². The monoisotopic (exact) mass is 192 g/mol. The van der Waals surface area contributed by atoms with Gasteiger partial charge in [-0.2, -0.15) is 5.10 Å². The third kappa shape index (κ3) is 1.86. The molecule has 14 heavy (non-hydrogen) atoms. The number of carbonyl (C=O) groups is 1. The van der Waals surface area contributed by atoms with Crippen LogP contribution in [-0.4, -0.2) is 15.6 Å². The molecule has 1 saturated carbocycles. The molecule has 0 radical (unpaired) electrons. The van der Waals surface area contributed by atoms with Crippen LogP contribution >= 0.6 is 0 Å². The fraction of sp³-hybridized carbons (Fsp3) is 0.636. The van der Waals surface area contributed by atoms with E-state index in [1.54, 1.807) is 0 Å². The lowest BCUT2D eigenvalue weighted by Gasteiger charge is -2.21. The molecule has 0 saturated heterocycles. The standard InChI is InChI=1S/C11H16N2O/c1-2-9-7-12-13(8-9)10-3-5-11(14)6-4-10/h7-8,10H,2-6H2,1H3. The fourth-order valence-electron chi connectivity index (χ4n) is 1.95. The molecule has 1 fully saturated rings. The first-order valence-corrected chi connectivity index (χ1v) is 5.34. The van der Waals surface area contributed by atoms with Gasteiger partial charge in [0.05, 0.1) is 12.2 Å². The predicted molar refractivity (Wildman–Crippen MR) is 54.1 cm³/mol. The maximum Gasteiger partial charge on any atom is 0.133 e. The van der Waals surface area contributed by atoms with Crippen LogP contribution in [-0.2, 0) is 11.2 Å². The minimum absolute atomic E-state index is 0.407. The molecule has 0 spiro atoms. The van der Waals surface area contributed by atoms with Crippen molar-refractivity contribution in [2.45, 2.75) is 45.1 Å². The van der Waals surface area contributed by atoms with Crippen molar-refractivity contribution in [2.75, 3.05) is 0 Å². The van der Waals surface area contributed by atoms with E-state index in [2.05, 4.69) is 18.2 Å². The Morgan fingerprint density at radius 1 is 1.50 bits per heavy atom. The van der Waals surface area contributed by atoms with Gasteiger partial charge in [-0.1, -0.05) is 6.92 Å². The average Bonchev–Trinajstić information content (AvgIpc) is 2.67. The summed E-state index contributed by atoms with van der Waals surface area (Å²) in [6.45, 7) is 2.13. The van der Waals surface area contributed by atoms with Crippen LogP contribution in [0.5, 0.6) is 0 Å². The van der Waals surface area contributed by atoms with Crippen molar-refractivity contribution in [2.24, 2.45) is 0 Å². The van der Waals surface area contributed by atoms with E-state index < -0.39 is 0 Å². The number of aromatic nitrogens is 2. The van der Waals surface area contributed by atoms with E-state index in [0.29, 0.717) is 11.8 Å². The van der Waals surface area contributed by atoms with Crippen molar-refractivity contribution in [3.63, 3.8) is 0 Å². The van der Waals surface area contributed by atoms with E-state index >= 15 is 0 Å². The molecule has 1 aliphatic carbocycles. The van der Waals surface area contributed by atoms with Gasteiger partial charge in [-0.25, -0.2) is 0 Å². The molecule has 0 atom stereocenters. The second-order valence-electron chi connectivity index (χ2n) is 3.95. The minimum atomic E-state index is 0.407. The van der Waals surface area contributed by atoms with Crippen LogP contribution in [0.25, 0.3) is 0 Å². The highest BCUT2D eigenvalue weighted by molar-refractivity contribution is 5.79. The third-order valence-corrected chi connectivity index (χ3v) is 2.95. The van der Waals surface area contributed by atoms with Crippen molar-refractivity contribution in [3.05, 3.63) is 18.0 Å². The van der Waals surface area contributed by atoms with Crippen LogP contribution < -0.4 is 0 Å². The Morgan fingerprint density at radius 2 is 2.21 bits per heavy atom. The number of hydrogen-bond acceptors (Lipinski definition) is 2. The fourth-order valence-corrected chi connectivity index (χ4v) is 1.95. The van der Waals surface area contributed by atoms with E-state index in [0.717, 1.165) is 32.1 Å². The quantitative estimate of drug-likeness (QED) is 0.719. The second kappa shape index (κ2) is 3.95. The lowest BCUT2D eigenvalue weighted by Crippen LogP contribution is -2.18. The van der Waals surface area contributed by atoms with Crippen molar-refractivity contribution >= 4 is 5.78 Å². The van der Waals surface area contributed by atoms with E-state index in [4.69, 9.17) is 0 Å². The van der Waals surface area contributed by atoms with Gasteiger partial charge in [-0.05, 0) is 24.8 Å². The molecule has 1 heterocycles. The highest BCUT2D eigenvalue weighted by atomic mass is 16.1. The van der Waals surface area contributed by atoms with E-state index in [9.17, 15) is 4.79 Å². The summed E-state index contributed by atoms with van der Waals surface area (Å²) in [5.41, 5.74) is 1.28. The van der Waals surface area contributed by atoms with Crippen LogP contribution in [0.1, 0.15) is 44.2 Å². The maximum absolute atomic E-state index is 11.1. The summed E-state index contributed by atoms with van der Waals surface area (Å²) in [7, 11) is 0. The summed E-state index contributed by atoms with van der Waals surface area (Å²) in [5, 5.41) is 4.34. The van der Waals surface area contributed by atoms with E-state index in [1.807, 2.05) is 10.9 Å². The molecule has 1 aromatic heterocycles. The van der Waals surface area contributed by atoms with Gasteiger partial charge >= 0.3 is 0 Å². The Labute approximate surface area is 84.1 Å². The predicted octanol–water partition coefficient (Wildman–Crippen LogP) is 2.13. The van der Waals surface area contributed by atoms with Gasteiger partial charge in [-0.3, -0.25) is 9.48 Å². The second-order valence-corrected chi connectivity index (χ2v) is 3.95. The first kappa shape index (κ1) is 9.44. The molecule has 0 bridgehead atoms. The van der Waals surface area contributed by atoms with E-state index in [-0.39, 0.29) is 0 Å². The highest BCUT2D eigenvalue weighted by Crippen LogP contribution is 2.25. The van der Waals surface area contributed by atoms with Crippen molar-refractivity contribution in [1.29, 1.82) is 0 Å². The van der Waals surface area contributed by atoms with Crippen LogP contribution in [0.2, 0.25) is 0 Å². The zero-order chi connectivity index (χ0) is 9.97. The molecule has 0 N–H and O–H groups in total. The van der Waals surface area contributed by atoms with Crippen molar-refractivity contribution in [3.8, 4) is 0 Å². The lowest BCUT2D eigenvalue weighted by molar-refractivity contribution is -0.120. The normalized spacial score (nSPS) is 18.8. The minimum Gasteiger partial charge on any atom is -0.300 e. The molecule has 0 amide bonds. The van der Waals surface area contributed by atoms with Crippen LogP contribution in [0.4, 0.5) is 0 Å². The molecule has 2 rings (SSSR count). The summed E-state index contributed by atoms with van der Waals surface area (Å²) in [5.74, 6) is 0.407. The molecular weight excluding hydrogens is 176 g/mol. The largest absolute Gasteiger partial charge is 0.300 e. The summed E-state index contributed by atoms with van der Waals surface area (Å²) < 4.78 is 2.03. The van der Waals surface area contributed by atoms with Gasteiger partial charge in [0.1, 0.15) is 5.78 Å². The van der Waals surface area contributed by atoms with Crippen molar-refractivity contribution in [1.82, 2.24) is 9.78 Å². The SMILES string of the molecule is CCc1cnn(C2CCC(=O)CC2)c1. The van der Waals surface area contributed by atoms with Gasteiger partial charge in [0, 0.05) is 19.0 Å². The number of Topliss-reactive ketones (excluding diaryl/α,β-unsaturated/α-hetero) is 1. The zero-order valence-electron chi connectivity index (χ0n) is 8.57. The number of ketones is 1. The summed E-state index contributed by atoms with van der Waals surface area (Å²) in [6, 6.07) is 0.452.